The molecule has 0 saturated heterocycles. The van der Waals surface area contributed by atoms with Crippen LogP contribution in [0.4, 0.5) is 0 Å². The van der Waals surface area contributed by atoms with Crippen molar-refractivity contribution in [1.29, 1.82) is 0 Å². The number of esters is 2. The van der Waals surface area contributed by atoms with Crippen LogP contribution in [0.2, 0.25) is 0 Å². The Balaban J connectivity index is 2.03. The van der Waals surface area contributed by atoms with Gasteiger partial charge >= 0.3 is 11.9 Å². The van der Waals surface area contributed by atoms with Crippen molar-refractivity contribution >= 4 is 11.9 Å². The van der Waals surface area contributed by atoms with Gasteiger partial charge in [-0.15, -0.1) is 0 Å². The molecule has 1 rings (SSSR count). The molecule has 1 aromatic carbocycles. The molecule has 0 aliphatic carbocycles. The minimum Gasteiger partial charge on any atom is -0.504 e. The summed E-state index contributed by atoms with van der Waals surface area (Å²) < 4.78 is 10.5. The van der Waals surface area contributed by atoms with Crippen LogP contribution in [0.3, 0.4) is 0 Å². The van der Waals surface area contributed by atoms with Gasteiger partial charge in [-0.3, -0.25) is 9.59 Å². The molecular weight excluding hydrogens is 482 g/mol. The van der Waals surface area contributed by atoms with E-state index in [4.69, 9.17) is 9.47 Å². The number of likely N-dealkylation sites (N-methyl/N-ethyl adjacent to an activating group) is 1. The number of rotatable bonds is 21. The molecular formula is C31H47NO6. The van der Waals surface area contributed by atoms with Gasteiger partial charge in [0.1, 0.15) is 6.04 Å². The van der Waals surface area contributed by atoms with Gasteiger partial charge in [-0.25, -0.2) is 0 Å². The molecule has 0 amide bonds. The van der Waals surface area contributed by atoms with Crippen LogP contribution in [-0.4, -0.2) is 48.5 Å². The van der Waals surface area contributed by atoms with Crippen LogP contribution in [0.5, 0.6) is 11.5 Å². The number of carbonyl (C=O) groups is 2. The monoisotopic (exact) mass is 529 g/mol. The first kappa shape index (κ1) is 33.0. The lowest BCUT2D eigenvalue weighted by Crippen LogP contribution is -2.37. The van der Waals surface area contributed by atoms with Crippen molar-refractivity contribution in [3.8, 4) is 11.5 Å². The van der Waals surface area contributed by atoms with Crippen LogP contribution < -0.4 is 5.32 Å². The third kappa shape index (κ3) is 16.6. The van der Waals surface area contributed by atoms with Crippen LogP contribution in [0.15, 0.2) is 54.7 Å². The summed E-state index contributed by atoms with van der Waals surface area (Å²) >= 11 is 0. The van der Waals surface area contributed by atoms with Gasteiger partial charge in [0.2, 0.25) is 0 Å². The molecule has 3 N–H and O–H groups in total. The zero-order valence-electron chi connectivity index (χ0n) is 23.2. The van der Waals surface area contributed by atoms with Crippen LogP contribution >= 0.6 is 0 Å². The number of nitrogens with one attached hydrogen (secondary N) is 1. The van der Waals surface area contributed by atoms with Crippen LogP contribution in [0, 0.1) is 0 Å². The maximum Gasteiger partial charge on any atom is 0.323 e. The summed E-state index contributed by atoms with van der Waals surface area (Å²) in [6, 6.07) is 3.84. The molecule has 0 saturated carbocycles. The molecule has 0 heterocycles. The molecule has 7 heteroatoms. The zero-order chi connectivity index (χ0) is 27.8. The number of phenolic OH excluding ortho intramolecular Hbond substituents is 2. The fourth-order valence-corrected chi connectivity index (χ4v) is 3.65. The summed E-state index contributed by atoms with van der Waals surface area (Å²) in [5.41, 5.74) is 0.689. The average Bonchev–Trinajstić information content (AvgIpc) is 2.91. The Hall–Kier alpha value is -3.06. The summed E-state index contributed by atoms with van der Waals surface area (Å²) in [6.45, 7) is 2.59. The molecule has 0 spiro atoms. The molecule has 0 aromatic heterocycles. The molecule has 0 aliphatic rings. The van der Waals surface area contributed by atoms with E-state index in [9.17, 15) is 19.8 Å². The number of carbonyl (C=O) groups excluding carboxylic acids is 2. The van der Waals surface area contributed by atoms with Gasteiger partial charge in [-0.1, -0.05) is 62.3 Å². The van der Waals surface area contributed by atoms with Crippen molar-refractivity contribution in [2.75, 3.05) is 20.3 Å². The molecule has 1 atom stereocenters. The van der Waals surface area contributed by atoms with Crippen molar-refractivity contribution in [3.63, 3.8) is 0 Å². The lowest BCUT2D eigenvalue weighted by atomic mass is 10.1. The SMILES string of the molecule is CCCCCC=CCC=CCC=CCCCCC(=O)OCCCOC(=O)C(Cc1ccc(O)c(O)c1)NC. The second-order valence-electron chi connectivity index (χ2n) is 9.24. The zero-order valence-corrected chi connectivity index (χ0v) is 23.2. The van der Waals surface area contributed by atoms with Crippen molar-refractivity contribution in [2.45, 2.75) is 90.0 Å². The Morgan fingerprint density at radius 3 is 2.11 bits per heavy atom. The Bertz CT molecular complexity index is 877. The number of phenols is 2. The number of benzene rings is 1. The van der Waals surface area contributed by atoms with Gasteiger partial charge in [-0.05, 0) is 76.1 Å². The van der Waals surface area contributed by atoms with E-state index in [0.717, 1.165) is 32.1 Å². The summed E-state index contributed by atoms with van der Waals surface area (Å²) in [6.07, 6.45) is 24.0. The van der Waals surface area contributed by atoms with Crippen molar-refractivity contribution in [2.24, 2.45) is 0 Å². The largest absolute Gasteiger partial charge is 0.504 e. The topological polar surface area (TPSA) is 105 Å². The highest BCUT2D eigenvalue weighted by molar-refractivity contribution is 5.76. The lowest BCUT2D eigenvalue weighted by Gasteiger charge is -2.15. The molecule has 1 aromatic rings. The Morgan fingerprint density at radius 1 is 0.842 bits per heavy atom. The molecule has 7 nitrogen and oxygen atoms in total. The fourth-order valence-electron chi connectivity index (χ4n) is 3.65. The Kier molecular flexibility index (Phi) is 19.1. The minimum absolute atomic E-state index is 0.152. The van der Waals surface area contributed by atoms with E-state index in [1.165, 1.54) is 37.8 Å². The summed E-state index contributed by atoms with van der Waals surface area (Å²) in [4.78, 5) is 24.2. The maximum absolute atomic E-state index is 12.3. The first-order valence-corrected chi connectivity index (χ1v) is 13.9. The number of unbranched alkanes of at least 4 members (excludes halogenated alkanes) is 5. The molecule has 0 bridgehead atoms. The first-order chi connectivity index (χ1) is 18.5. The number of allylic oxidation sites excluding steroid dienone is 6. The van der Waals surface area contributed by atoms with Gasteiger partial charge in [-0.2, -0.15) is 0 Å². The van der Waals surface area contributed by atoms with Crippen molar-refractivity contribution in [3.05, 3.63) is 60.2 Å². The second-order valence-corrected chi connectivity index (χ2v) is 9.24. The Morgan fingerprint density at radius 2 is 1.47 bits per heavy atom. The van der Waals surface area contributed by atoms with Crippen molar-refractivity contribution in [1.82, 2.24) is 5.32 Å². The van der Waals surface area contributed by atoms with Gasteiger partial charge < -0.3 is 25.0 Å². The van der Waals surface area contributed by atoms with Crippen LogP contribution in [0.1, 0.15) is 83.1 Å². The van der Waals surface area contributed by atoms with E-state index < -0.39 is 12.0 Å². The average molecular weight is 530 g/mol. The van der Waals surface area contributed by atoms with E-state index in [1.54, 1.807) is 13.1 Å². The number of aromatic hydroxyl groups is 2. The number of hydrogen-bond donors (Lipinski definition) is 3. The van der Waals surface area contributed by atoms with Gasteiger partial charge in [0.05, 0.1) is 13.2 Å². The number of hydrogen-bond acceptors (Lipinski definition) is 7. The predicted molar refractivity (Wildman–Crippen MR) is 152 cm³/mol. The molecule has 0 radical (unpaired) electrons. The maximum atomic E-state index is 12.3. The van der Waals surface area contributed by atoms with Crippen LogP contribution in [0.25, 0.3) is 0 Å². The molecule has 38 heavy (non-hydrogen) atoms. The molecule has 0 aliphatic heterocycles. The van der Waals surface area contributed by atoms with E-state index >= 15 is 0 Å². The summed E-state index contributed by atoms with van der Waals surface area (Å²) in [5.74, 6) is -1.10. The quantitative estimate of drug-likeness (QED) is 0.0743. The van der Waals surface area contributed by atoms with Gasteiger partial charge in [0.15, 0.2) is 11.5 Å². The highest BCUT2D eigenvalue weighted by Gasteiger charge is 2.19. The molecule has 0 fully saturated rings. The van der Waals surface area contributed by atoms with E-state index in [0.29, 0.717) is 24.8 Å². The predicted octanol–water partition coefficient (Wildman–Crippen LogP) is 6.29. The van der Waals surface area contributed by atoms with E-state index in [-0.39, 0.29) is 30.7 Å². The second kappa shape index (κ2) is 22.0. The normalized spacial score (nSPS) is 12.5. The van der Waals surface area contributed by atoms with Crippen LogP contribution in [-0.2, 0) is 25.5 Å². The van der Waals surface area contributed by atoms with Gasteiger partial charge in [0.25, 0.3) is 0 Å². The summed E-state index contributed by atoms with van der Waals surface area (Å²) in [7, 11) is 1.65. The lowest BCUT2D eigenvalue weighted by molar-refractivity contribution is -0.147. The van der Waals surface area contributed by atoms with E-state index in [2.05, 4.69) is 48.7 Å². The van der Waals surface area contributed by atoms with Crippen molar-refractivity contribution < 1.29 is 29.3 Å². The third-order valence-electron chi connectivity index (χ3n) is 5.93. The minimum atomic E-state index is -0.589. The fraction of sp³-hybridized carbons (Fsp3) is 0.548. The highest BCUT2D eigenvalue weighted by Crippen LogP contribution is 2.25. The standard InChI is InChI=1S/C31H47NO6/c1-3-4-5-6-7-8-9-10-11-12-13-14-15-16-17-19-30(35)37-22-18-23-38-31(36)27(32-2)24-26-20-21-28(33)29(34)25-26/h7-8,10-11,13-14,20-21,25,27,32-34H,3-6,9,12,15-19,22-24H2,1-2H3. The van der Waals surface area contributed by atoms with Gasteiger partial charge in [0, 0.05) is 12.8 Å². The smallest absolute Gasteiger partial charge is 0.323 e. The number of ether oxygens (including phenoxy) is 2. The Labute approximate surface area is 228 Å². The highest BCUT2D eigenvalue weighted by atomic mass is 16.5. The van der Waals surface area contributed by atoms with E-state index in [1.807, 2.05) is 0 Å². The molecule has 1 unspecified atom stereocenters. The first-order valence-electron chi connectivity index (χ1n) is 13.9. The molecule has 212 valence electrons. The summed E-state index contributed by atoms with van der Waals surface area (Å²) in [5, 5.41) is 21.9. The third-order valence-corrected chi connectivity index (χ3v) is 5.93.